The second kappa shape index (κ2) is 5.89. The van der Waals surface area contributed by atoms with E-state index in [1.165, 1.54) is 4.90 Å². The van der Waals surface area contributed by atoms with E-state index in [4.69, 9.17) is 4.52 Å². The molecule has 1 aromatic heterocycles. The quantitative estimate of drug-likeness (QED) is 0.810. The van der Waals surface area contributed by atoms with Crippen molar-refractivity contribution in [2.45, 2.75) is 45.1 Å². The van der Waals surface area contributed by atoms with Crippen LogP contribution in [0, 0.1) is 5.41 Å². The summed E-state index contributed by atoms with van der Waals surface area (Å²) in [5, 5.41) is 4.04. The van der Waals surface area contributed by atoms with Gasteiger partial charge < -0.3 is 4.52 Å². The van der Waals surface area contributed by atoms with E-state index in [1.54, 1.807) is 0 Å². The maximum atomic E-state index is 12.8. The topological polar surface area (TPSA) is 63.4 Å². The monoisotopic (exact) mass is 324 g/mol. The maximum absolute atomic E-state index is 12.8. The molecule has 1 saturated carbocycles. The van der Waals surface area contributed by atoms with Gasteiger partial charge in [-0.3, -0.25) is 14.5 Å². The average molecular weight is 324 g/mol. The standard InChI is InChI=1S/C19H20N2O3/c22-17-12-19(9-5-2-6-10-19)18(23)21(17)13-15-11-16(24-20-15)14-7-3-1-4-8-14/h1,3-4,7-8,11H,2,5-6,9-10,12-13H2. The van der Waals surface area contributed by atoms with E-state index in [2.05, 4.69) is 5.16 Å². The first kappa shape index (κ1) is 15.1. The lowest BCUT2D eigenvalue weighted by molar-refractivity contribution is -0.143. The highest BCUT2D eigenvalue weighted by atomic mass is 16.5. The van der Waals surface area contributed by atoms with Crippen LogP contribution < -0.4 is 0 Å². The fourth-order valence-corrected chi connectivity index (χ4v) is 3.93. The van der Waals surface area contributed by atoms with Crippen molar-refractivity contribution in [3.8, 4) is 11.3 Å². The Labute approximate surface area is 140 Å². The van der Waals surface area contributed by atoms with Gasteiger partial charge in [0.25, 0.3) is 0 Å². The van der Waals surface area contributed by atoms with Crippen LogP contribution in [-0.2, 0) is 16.1 Å². The molecule has 2 fully saturated rings. The van der Waals surface area contributed by atoms with Crippen LogP contribution in [0.4, 0.5) is 0 Å². The zero-order chi connectivity index (χ0) is 16.6. The molecule has 0 N–H and O–H groups in total. The molecule has 2 heterocycles. The number of rotatable bonds is 3. The molecule has 124 valence electrons. The summed E-state index contributed by atoms with van der Waals surface area (Å²) in [7, 11) is 0. The van der Waals surface area contributed by atoms with Gasteiger partial charge in [-0.2, -0.15) is 0 Å². The molecular weight excluding hydrogens is 304 g/mol. The van der Waals surface area contributed by atoms with Crippen molar-refractivity contribution in [1.29, 1.82) is 0 Å². The van der Waals surface area contributed by atoms with E-state index in [1.807, 2.05) is 36.4 Å². The van der Waals surface area contributed by atoms with Crippen molar-refractivity contribution in [1.82, 2.24) is 10.1 Å². The van der Waals surface area contributed by atoms with Crippen molar-refractivity contribution in [2.75, 3.05) is 0 Å². The fourth-order valence-electron chi connectivity index (χ4n) is 3.93. The summed E-state index contributed by atoms with van der Waals surface area (Å²) in [6.07, 6.45) is 5.26. The summed E-state index contributed by atoms with van der Waals surface area (Å²) >= 11 is 0. The molecule has 5 nitrogen and oxygen atoms in total. The van der Waals surface area contributed by atoms with Gasteiger partial charge in [-0.1, -0.05) is 54.8 Å². The van der Waals surface area contributed by atoms with Gasteiger partial charge in [-0.25, -0.2) is 0 Å². The van der Waals surface area contributed by atoms with Crippen LogP contribution in [0.2, 0.25) is 0 Å². The van der Waals surface area contributed by atoms with Crippen LogP contribution >= 0.6 is 0 Å². The van der Waals surface area contributed by atoms with Gasteiger partial charge in [0, 0.05) is 18.1 Å². The molecule has 5 heteroatoms. The van der Waals surface area contributed by atoms with Crippen LogP contribution in [0.25, 0.3) is 11.3 Å². The Hall–Kier alpha value is -2.43. The fraction of sp³-hybridized carbons (Fsp3) is 0.421. The number of benzene rings is 1. The Morgan fingerprint density at radius 3 is 2.58 bits per heavy atom. The summed E-state index contributed by atoms with van der Waals surface area (Å²) in [6.45, 7) is 0.204. The number of amides is 2. The minimum atomic E-state index is -0.443. The van der Waals surface area contributed by atoms with E-state index in [0.29, 0.717) is 17.9 Å². The Bertz CT molecular complexity index is 760. The average Bonchev–Trinajstić information content (AvgIpc) is 3.16. The lowest BCUT2D eigenvalue weighted by Crippen LogP contribution is -2.36. The number of hydrogen-bond acceptors (Lipinski definition) is 4. The first-order valence-electron chi connectivity index (χ1n) is 8.54. The van der Waals surface area contributed by atoms with E-state index >= 15 is 0 Å². The Kier molecular flexibility index (Phi) is 3.71. The predicted octanol–water partition coefficient (Wildman–Crippen LogP) is 3.55. The van der Waals surface area contributed by atoms with Crippen LogP contribution in [0.1, 0.15) is 44.2 Å². The molecule has 1 aromatic carbocycles. The third-order valence-electron chi connectivity index (χ3n) is 5.24. The Morgan fingerprint density at radius 2 is 1.83 bits per heavy atom. The largest absolute Gasteiger partial charge is 0.356 e. The van der Waals surface area contributed by atoms with E-state index in [-0.39, 0.29) is 18.4 Å². The predicted molar refractivity (Wildman–Crippen MR) is 87.6 cm³/mol. The number of hydrogen-bond donors (Lipinski definition) is 0. The van der Waals surface area contributed by atoms with Crippen LogP contribution in [0.3, 0.4) is 0 Å². The highest BCUT2D eigenvalue weighted by molar-refractivity contribution is 6.05. The minimum Gasteiger partial charge on any atom is -0.356 e. The first-order chi connectivity index (χ1) is 11.7. The molecule has 0 bridgehead atoms. The van der Waals surface area contributed by atoms with Crippen LogP contribution in [0.15, 0.2) is 40.9 Å². The Balaban J connectivity index is 1.52. The third-order valence-corrected chi connectivity index (χ3v) is 5.24. The van der Waals surface area contributed by atoms with Gasteiger partial charge >= 0.3 is 0 Å². The van der Waals surface area contributed by atoms with Crippen molar-refractivity contribution < 1.29 is 14.1 Å². The zero-order valence-electron chi connectivity index (χ0n) is 13.5. The maximum Gasteiger partial charge on any atom is 0.236 e. The molecule has 0 radical (unpaired) electrons. The van der Waals surface area contributed by atoms with E-state index in [9.17, 15) is 9.59 Å². The molecule has 1 saturated heterocycles. The van der Waals surface area contributed by atoms with Gasteiger partial charge in [0.2, 0.25) is 11.8 Å². The lowest BCUT2D eigenvalue weighted by Gasteiger charge is -2.30. The van der Waals surface area contributed by atoms with Gasteiger partial charge in [0.15, 0.2) is 5.76 Å². The zero-order valence-corrected chi connectivity index (χ0v) is 13.5. The second-order valence-electron chi connectivity index (χ2n) is 6.85. The molecular formula is C19H20N2O3. The van der Waals surface area contributed by atoms with Gasteiger partial charge in [-0.05, 0) is 12.8 Å². The third kappa shape index (κ3) is 2.54. The summed E-state index contributed by atoms with van der Waals surface area (Å²) in [4.78, 5) is 26.6. The highest BCUT2D eigenvalue weighted by Crippen LogP contribution is 2.45. The first-order valence-corrected chi connectivity index (χ1v) is 8.54. The number of aromatic nitrogens is 1. The Morgan fingerprint density at radius 1 is 1.08 bits per heavy atom. The SMILES string of the molecule is O=C1CC2(CCCCC2)C(=O)N1Cc1cc(-c2ccccc2)on1. The van der Waals surface area contributed by atoms with Gasteiger partial charge in [-0.15, -0.1) is 0 Å². The summed E-state index contributed by atoms with van der Waals surface area (Å²) in [6, 6.07) is 11.5. The van der Waals surface area contributed by atoms with E-state index < -0.39 is 5.41 Å². The minimum absolute atomic E-state index is 0.0172. The molecule has 1 aliphatic heterocycles. The number of nitrogens with zero attached hydrogens (tertiary/aromatic N) is 2. The molecule has 2 aliphatic rings. The number of likely N-dealkylation sites (tertiary alicyclic amines) is 1. The summed E-state index contributed by atoms with van der Waals surface area (Å²) in [5.74, 6) is 0.555. The molecule has 24 heavy (non-hydrogen) atoms. The number of imide groups is 1. The molecule has 0 unspecified atom stereocenters. The van der Waals surface area contributed by atoms with Gasteiger partial charge in [0.05, 0.1) is 12.0 Å². The molecule has 0 atom stereocenters. The van der Waals surface area contributed by atoms with E-state index in [0.717, 1.165) is 37.7 Å². The van der Waals surface area contributed by atoms with Crippen molar-refractivity contribution in [3.05, 3.63) is 42.1 Å². The normalized spacial score (nSPS) is 20.1. The van der Waals surface area contributed by atoms with Crippen LogP contribution in [0.5, 0.6) is 0 Å². The lowest BCUT2D eigenvalue weighted by atomic mass is 9.73. The molecule has 2 aromatic rings. The van der Waals surface area contributed by atoms with Crippen LogP contribution in [-0.4, -0.2) is 21.9 Å². The summed E-state index contributed by atoms with van der Waals surface area (Å²) < 4.78 is 5.37. The molecule has 2 amide bonds. The van der Waals surface area contributed by atoms with Crippen molar-refractivity contribution in [3.63, 3.8) is 0 Å². The number of carbonyl (C=O) groups excluding carboxylic acids is 2. The molecule has 1 spiro atoms. The number of carbonyl (C=O) groups is 2. The molecule has 1 aliphatic carbocycles. The van der Waals surface area contributed by atoms with Gasteiger partial charge in [0.1, 0.15) is 5.69 Å². The molecule has 4 rings (SSSR count). The van der Waals surface area contributed by atoms with Crippen molar-refractivity contribution >= 4 is 11.8 Å². The van der Waals surface area contributed by atoms with Crippen molar-refractivity contribution in [2.24, 2.45) is 5.41 Å². The highest BCUT2D eigenvalue weighted by Gasteiger charge is 2.51. The second-order valence-corrected chi connectivity index (χ2v) is 6.85. The smallest absolute Gasteiger partial charge is 0.236 e. The summed E-state index contributed by atoms with van der Waals surface area (Å²) in [5.41, 5.74) is 1.10.